The van der Waals surface area contributed by atoms with Crippen molar-refractivity contribution in [3.8, 4) is 0 Å². The van der Waals surface area contributed by atoms with Gasteiger partial charge in [-0.1, -0.05) is 6.92 Å². The predicted octanol–water partition coefficient (Wildman–Crippen LogP) is 1.72. The molecule has 3 nitrogen and oxygen atoms in total. The van der Waals surface area contributed by atoms with Crippen LogP contribution < -0.4 is 10.2 Å². The Balaban J connectivity index is 2.26. The van der Waals surface area contributed by atoms with Crippen LogP contribution in [0.1, 0.15) is 13.3 Å². The maximum Gasteiger partial charge on any atom is 0.0765 e. The van der Waals surface area contributed by atoms with E-state index in [9.17, 15) is 0 Å². The highest BCUT2D eigenvalue weighted by atomic mass is 15.2. The standard InChI is InChI=1S/C10H15N3/c1-2-6-13-7-5-12-9-8-11-4-3-10(9)13/h3-4,8,12H,2,5-7H2,1H3. The summed E-state index contributed by atoms with van der Waals surface area (Å²) < 4.78 is 0. The van der Waals surface area contributed by atoms with Crippen LogP contribution >= 0.6 is 0 Å². The second-order valence-corrected chi connectivity index (χ2v) is 3.31. The van der Waals surface area contributed by atoms with Crippen LogP contribution in [0.2, 0.25) is 0 Å². The molecule has 1 aromatic heterocycles. The molecule has 1 N–H and O–H groups in total. The van der Waals surface area contributed by atoms with Gasteiger partial charge in [-0.3, -0.25) is 4.98 Å². The summed E-state index contributed by atoms with van der Waals surface area (Å²) in [4.78, 5) is 6.51. The summed E-state index contributed by atoms with van der Waals surface area (Å²) >= 11 is 0. The third-order valence-corrected chi connectivity index (χ3v) is 2.33. The first kappa shape index (κ1) is 8.35. The maximum absolute atomic E-state index is 4.10. The summed E-state index contributed by atoms with van der Waals surface area (Å²) in [5.74, 6) is 0. The van der Waals surface area contributed by atoms with Gasteiger partial charge in [0.05, 0.1) is 17.6 Å². The fourth-order valence-electron chi connectivity index (χ4n) is 1.75. The highest BCUT2D eigenvalue weighted by molar-refractivity contribution is 5.70. The number of fused-ring (bicyclic) bond motifs is 1. The van der Waals surface area contributed by atoms with Gasteiger partial charge >= 0.3 is 0 Å². The van der Waals surface area contributed by atoms with E-state index in [1.54, 1.807) is 0 Å². The lowest BCUT2D eigenvalue weighted by Crippen LogP contribution is -2.34. The summed E-state index contributed by atoms with van der Waals surface area (Å²) in [6.45, 7) is 5.48. The van der Waals surface area contributed by atoms with Gasteiger partial charge in [0.25, 0.3) is 0 Å². The number of hydrogen-bond donors (Lipinski definition) is 1. The molecule has 0 spiro atoms. The van der Waals surface area contributed by atoms with Crippen molar-refractivity contribution >= 4 is 11.4 Å². The Bertz CT molecular complexity index is 285. The number of anilines is 2. The Morgan fingerprint density at radius 3 is 3.38 bits per heavy atom. The quantitative estimate of drug-likeness (QED) is 0.745. The average molecular weight is 177 g/mol. The molecule has 0 atom stereocenters. The van der Waals surface area contributed by atoms with E-state index in [0.717, 1.165) is 19.6 Å². The molecule has 0 aromatic carbocycles. The van der Waals surface area contributed by atoms with E-state index in [-0.39, 0.29) is 0 Å². The van der Waals surface area contributed by atoms with Gasteiger partial charge < -0.3 is 10.2 Å². The summed E-state index contributed by atoms with van der Waals surface area (Å²) in [5.41, 5.74) is 2.46. The van der Waals surface area contributed by atoms with Crippen molar-refractivity contribution in [3.63, 3.8) is 0 Å². The molecule has 0 aliphatic carbocycles. The molecule has 0 bridgehead atoms. The van der Waals surface area contributed by atoms with Crippen LogP contribution in [0.5, 0.6) is 0 Å². The van der Waals surface area contributed by atoms with Crippen molar-refractivity contribution in [2.75, 3.05) is 29.9 Å². The van der Waals surface area contributed by atoms with Gasteiger partial charge in [-0.25, -0.2) is 0 Å². The molecule has 2 heterocycles. The van der Waals surface area contributed by atoms with Crippen LogP contribution in [-0.4, -0.2) is 24.6 Å². The van der Waals surface area contributed by atoms with Crippen molar-refractivity contribution in [1.29, 1.82) is 0 Å². The second kappa shape index (κ2) is 3.64. The third-order valence-electron chi connectivity index (χ3n) is 2.33. The van der Waals surface area contributed by atoms with E-state index in [4.69, 9.17) is 0 Å². The fourth-order valence-corrected chi connectivity index (χ4v) is 1.75. The minimum absolute atomic E-state index is 1.03. The number of aromatic nitrogens is 1. The first-order valence-electron chi connectivity index (χ1n) is 4.84. The van der Waals surface area contributed by atoms with Crippen LogP contribution in [0, 0.1) is 0 Å². The Kier molecular flexibility index (Phi) is 2.34. The lowest BCUT2D eigenvalue weighted by atomic mass is 10.2. The van der Waals surface area contributed by atoms with Gasteiger partial charge in [-0.2, -0.15) is 0 Å². The van der Waals surface area contributed by atoms with Crippen LogP contribution in [0.3, 0.4) is 0 Å². The minimum Gasteiger partial charge on any atom is -0.380 e. The molecular formula is C10H15N3. The van der Waals surface area contributed by atoms with Crippen molar-refractivity contribution < 1.29 is 0 Å². The molecule has 1 aliphatic rings. The number of hydrogen-bond acceptors (Lipinski definition) is 3. The van der Waals surface area contributed by atoms with Gasteiger partial charge in [-0.15, -0.1) is 0 Å². The Labute approximate surface area is 78.8 Å². The average Bonchev–Trinajstić information content (AvgIpc) is 2.19. The monoisotopic (exact) mass is 177 g/mol. The molecular weight excluding hydrogens is 162 g/mol. The lowest BCUT2D eigenvalue weighted by molar-refractivity contribution is 0.758. The molecule has 0 unspecified atom stereocenters. The molecule has 0 saturated carbocycles. The zero-order valence-electron chi connectivity index (χ0n) is 7.95. The first-order valence-corrected chi connectivity index (χ1v) is 4.84. The number of nitrogens with one attached hydrogen (secondary N) is 1. The molecule has 3 heteroatoms. The Hall–Kier alpha value is -1.25. The zero-order chi connectivity index (χ0) is 9.10. The van der Waals surface area contributed by atoms with Crippen molar-refractivity contribution in [2.45, 2.75) is 13.3 Å². The fraction of sp³-hybridized carbons (Fsp3) is 0.500. The molecule has 70 valence electrons. The summed E-state index contributed by atoms with van der Waals surface area (Å²) in [7, 11) is 0. The summed E-state index contributed by atoms with van der Waals surface area (Å²) in [5, 5.41) is 3.35. The van der Waals surface area contributed by atoms with Gasteiger partial charge in [0.15, 0.2) is 0 Å². The SMILES string of the molecule is CCCN1CCNc2cnccc21. The van der Waals surface area contributed by atoms with Gasteiger partial charge in [0.1, 0.15) is 0 Å². The number of pyridine rings is 1. The Morgan fingerprint density at radius 1 is 1.62 bits per heavy atom. The van der Waals surface area contributed by atoms with Gasteiger partial charge in [0, 0.05) is 25.8 Å². The molecule has 0 amide bonds. The van der Waals surface area contributed by atoms with E-state index < -0.39 is 0 Å². The lowest BCUT2D eigenvalue weighted by Gasteiger charge is -2.31. The number of rotatable bonds is 2. The van der Waals surface area contributed by atoms with Gasteiger partial charge in [-0.05, 0) is 12.5 Å². The topological polar surface area (TPSA) is 28.2 Å². The van der Waals surface area contributed by atoms with E-state index >= 15 is 0 Å². The van der Waals surface area contributed by atoms with E-state index in [0.29, 0.717) is 0 Å². The Morgan fingerprint density at radius 2 is 2.54 bits per heavy atom. The van der Waals surface area contributed by atoms with Gasteiger partial charge in [0.2, 0.25) is 0 Å². The third kappa shape index (κ3) is 1.59. The minimum atomic E-state index is 1.03. The molecule has 2 rings (SSSR count). The number of nitrogens with zero attached hydrogens (tertiary/aromatic N) is 2. The largest absolute Gasteiger partial charge is 0.380 e. The second-order valence-electron chi connectivity index (χ2n) is 3.31. The molecule has 1 aliphatic heterocycles. The summed E-state index contributed by atoms with van der Waals surface area (Å²) in [6, 6.07) is 2.08. The van der Waals surface area contributed by atoms with Crippen LogP contribution in [-0.2, 0) is 0 Å². The normalized spacial score (nSPS) is 15.0. The zero-order valence-corrected chi connectivity index (χ0v) is 7.95. The molecule has 0 radical (unpaired) electrons. The van der Waals surface area contributed by atoms with Crippen LogP contribution in [0.15, 0.2) is 18.5 Å². The molecule has 13 heavy (non-hydrogen) atoms. The highest BCUT2D eigenvalue weighted by Gasteiger charge is 2.14. The van der Waals surface area contributed by atoms with Crippen LogP contribution in [0.25, 0.3) is 0 Å². The van der Waals surface area contributed by atoms with E-state index in [1.165, 1.54) is 17.8 Å². The summed E-state index contributed by atoms with van der Waals surface area (Å²) in [6.07, 6.45) is 4.95. The van der Waals surface area contributed by atoms with Crippen molar-refractivity contribution in [1.82, 2.24) is 4.98 Å². The van der Waals surface area contributed by atoms with Crippen molar-refractivity contribution in [2.24, 2.45) is 0 Å². The molecule has 0 saturated heterocycles. The van der Waals surface area contributed by atoms with Crippen molar-refractivity contribution in [3.05, 3.63) is 18.5 Å². The molecule has 0 fully saturated rings. The smallest absolute Gasteiger partial charge is 0.0765 e. The van der Waals surface area contributed by atoms with E-state index in [2.05, 4.69) is 28.2 Å². The first-order chi connectivity index (χ1) is 6.42. The predicted molar refractivity (Wildman–Crippen MR) is 55.2 cm³/mol. The van der Waals surface area contributed by atoms with Crippen LogP contribution in [0.4, 0.5) is 11.4 Å². The maximum atomic E-state index is 4.10. The molecule has 1 aromatic rings. The highest BCUT2D eigenvalue weighted by Crippen LogP contribution is 2.27. The van der Waals surface area contributed by atoms with E-state index in [1.807, 2.05) is 12.4 Å².